The van der Waals surface area contributed by atoms with Crippen LogP contribution < -0.4 is 0 Å². The van der Waals surface area contributed by atoms with Gasteiger partial charge >= 0.3 is 0 Å². The summed E-state index contributed by atoms with van der Waals surface area (Å²) in [5.41, 5.74) is 0. The smallest absolute Gasteiger partial charge is 0.153 e. The molecule has 0 saturated heterocycles. The van der Waals surface area contributed by atoms with Gasteiger partial charge in [-0.15, -0.1) is 0 Å². The average molecular weight is 271 g/mol. The van der Waals surface area contributed by atoms with E-state index in [9.17, 15) is 8.42 Å². The fourth-order valence-corrected chi connectivity index (χ4v) is 3.58. The molecule has 0 N–H and O–H groups in total. The SMILES string of the molecule is CC(CBr)CS(=O)(=O)C(C)C(C)C. The zero-order valence-electron chi connectivity index (χ0n) is 8.75. The number of alkyl halides is 1. The first kappa shape index (κ1) is 13.4. The highest BCUT2D eigenvalue weighted by atomic mass is 79.9. The third-order valence-electron chi connectivity index (χ3n) is 2.29. The normalized spacial score (nSPS) is 17.4. The van der Waals surface area contributed by atoms with Gasteiger partial charge in [-0.05, 0) is 18.8 Å². The minimum atomic E-state index is -2.90. The molecule has 4 heteroatoms. The van der Waals surface area contributed by atoms with Gasteiger partial charge in [-0.2, -0.15) is 0 Å². The number of hydrogen-bond donors (Lipinski definition) is 0. The van der Waals surface area contributed by atoms with Gasteiger partial charge in [0.15, 0.2) is 9.84 Å². The lowest BCUT2D eigenvalue weighted by molar-refractivity contribution is 0.537. The van der Waals surface area contributed by atoms with Crippen LogP contribution in [0.4, 0.5) is 0 Å². The van der Waals surface area contributed by atoms with Crippen LogP contribution in [0.3, 0.4) is 0 Å². The Hall–Kier alpha value is 0.430. The number of sulfone groups is 1. The Morgan fingerprint density at radius 3 is 1.92 bits per heavy atom. The Bertz CT molecular complexity index is 234. The fourth-order valence-electron chi connectivity index (χ4n) is 1.01. The third-order valence-corrected chi connectivity index (χ3v) is 6.10. The highest BCUT2D eigenvalue weighted by molar-refractivity contribution is 9.09. The third kappa shape index (κ3) is 4.45. The Morgan fingerprint density at radius 2 is 1.62 bits per heavy atom. The molecule has 80 valence electrons. The lowest BCUT2D eigenvalue weighted by Gasteiger charge is -2.18. The van der Waals surface area contributed by atoms with Gasteiger partial charge in [0.2, 0.25) is 0 Å². The molecule has 0 aromatic heterocycles. The molecule has 0 spiro atoms. The van der Waals surface area contributed by atoms with Crippen molar-refractivity contribution in [3.63, 3.8) is 0 Å². The van der Waals surface area contributed by atoms with E-state index >= 15 is 0 Å². The van der Waals surface area contributed by atoms with Crippen molar-refractivity contribution in [2.45, 2.75) is 32.9 Å². The van der Waals surface area contributed by atoms with Crippen LogP contribution >= 0.6 is 15.9 Å². The maximum absolute atomic E-state index is 11.7. The minimum Gasteiger partial charge on any atom is -0.229 e. The molecule has 0 aliphatic heterocycles. The van der Waals surface area contributed by atoms with E-state index in [-0.39, 0.29) is 22.8 Å². The average Bonchev–Trinajstić information content (AvgIpc) is 2.01. The van der Waals surface area contributed by atoms with Gasteiger partial charge in [-0.3, -0.25) is 0 Å². The molecule has 0 radical (unpaired) electrons. The standard InChI is InChI=1S/C9H19BrO2S/c1-7(2)9(4)13(11,12)6-8(3)5-10/h7-9H,5-6H2,1-4H3. The summed E-state index contributed by atoms with van der Waals surface area (Å²) in [5.74, 6) is 0.691. The van der Waals surface area contributed by atoms with E-state index in [1.165, 1.54) is 0 Å². The van der Waals surface area contributed by atoms with Crippen molar-refractivity contribution in [3.8, 4) is 0 Å². The van der Waals surface area contributed by atoms with Gasteiger partial charge in [0, 0.05) is 5.33 Å². The van der Waals surface area contributed by atoms with Gasteiger partial charge in [0.1, 0.15) is 0 Å². The molecule has 2 atom stereocenters. The summed E-state index contributed by atoms with van der Waals surface area (Å²) in [7, 11) is -2.90. The Kier molecular flexibility index (Phi) is 5.52. The van der Waals surface area contributed by atoms with Gasteiger partial charge in [-0.1, -0.05) is 36.7 Å². The van der Waals surface area contributed by atoms with Crippen LogP contribution in [0.15, 0.2) is 0 Å². The van der Waals surface area contributed by atoms with Crippen LogP contribution in [0.5, 0.6) is 0 Å². The molecule has 0 aromatic carbocycles. The molecular weight excluding hydrogens is 252 g/mol. The second kappa shape index (κ2) is 5.35. The molecule has 2 nitrogen and oxygen atoms in total. The fraction of sp³-hybridized carbons (Fsp3) is 1.00. The maximum atomic E-state index is 11.7. The molecule has 0 amide bonds. The van der Waals surface area contributed by atoms with Crippen LogP contribution in [0.2, 0.25) is 0 Å². The van der Waals surface area contributed by atoms with E-state index in [0.717, 1.165) is 5.33 Å². The zero-order valence-corrected chi connectivity index (χ0v) is 11.2. The lowest BCUT2D eigenvalue weighted by atomic mass is 10.2. The van der Waals surface area contributed by atoms with E-state index in [0.29, 0.717) is 0 Å². The molecule has 0 bridgehead atoms. The van der Waals surface area contributed by atoms with Crippen LogP contribution in [-0.4, -0.2) is 24.8 Å². The summed E-state index contributed by atoms with van der Waals surface area (Å²) in [6, 6.07) is 0. The second-order valence-corrected chi connectivity index (χ2v) is 7.09. The Morgan fingerprint density at radius 1 is 1.15 bits per heavy atom. The summed E-state index contributed by atoms with van der Waals surface area (Å²) >= 11 is 3.29. The predicted octanol–water partition coefficient (Wildman–Crippen LogP) is 2.48. The summed E-state index contributed by atoms with van der Waals surface area (Å²) in [5, 5.41) is 0.519. The van der Waals surface area contributed by atoms with E-state index in [1.807, 2.05) is 20.8 Å². The van der Waals surface area contributed by atoms with E-state index in [1.54, 1.807) is 6.92 Å². The topological polar surface area (TPSA) is 34.1 Å². The van der Waals surface area contributed by atoms with Crippen molar-refractivity contribution in [1.29, 1.82) is 0 Å². The molecule has 0 heterocycles. The molecule has 0 rings (SSSR count). The Labute approximate surface area is 90.2 Å². The molecular formula is C9H19BrO2S. The summed E-state index contributed by atoms with van der Waals surface area (Å²) in [6.45, 7) is 7.63. The molecule has 0 aliphatic rings. The second-order valence-electron chi connectivity index (χ2n) is 4.04. The van der Waals surface area contributed by atoms with Crippen LogP contribution in [-0.2, 0) is 9.84 Å². The largest absolute Gasteiger partial charge is 0.229 e. The summed E-state index contributed by atoms with van der Waals surface area (Å²) in [6.07, 6.45) is 0. The number of hydrogen-bond acceptors (Lipinski definition) is 2. The van der Waals surface area contributed by atoms with Gasteiger partial charge in [0.05, 0.1) is 11.0 Å². The van der Waals surface area contributed by atoms with E-state index in [2.05, 4.69) is 15.9 Å². The molecule has 0 aliphatic carbocycles. The molecule has 2 unspecified atom stereocenters. The molecule has 13 heavy (non-hydrogen) atoms. The Balaban J connectivity index is 4.41. The highest BCUT2D eigenvalue weighted by Gasteiger charge is 2.25. The molecule has 0 fully saturated rings. The first-order valence-electron chi connectivity index (χ1n) is 4.58. The van der Waals surface area contributed by atoms with Crippen LogP contribution in [0, 0.1) is 11.8 Å². The van der Waals surface area contributed by atoms with E-state index < -0.39 is 9.84 Å². The monoisotopic (exact) mass is 270 g/mol. The van der Waals surface area contributed by atoms with Crippen molar-refractivity contribution < 1.29 is 8.42 Å². The number of halogens is 1. The van der Waals surface area contributed by atoms with Crippen LogP contribution in [0.1, 0.15) is 27.7 Å². The highest BCUT2D eigenvalue weighted by Crippen LogP contribution is 2.16. The van der Waals surface area contributed by atoms with Crippen molar-refractivity contribution in [1.82, 2.24) is 0 Å². The minimum absolute atomic E-state index is 0.200. The van der Waals surface area contributed by atoms with Gasteiger partial charge in [0.25, 0.3) is 0 Å². The summed E-state index contributed by atoms with van der Waals surface area (Å²) in [4.78, 5) is 0. The lowest BCUT2D eigenvalue weighted by Crippen LogP contribution is -2.29. The van der Waals surface area contributed by atoms with E-state index in [4.69, 9.17) is 0 Å². The number of rotatable bonds is 5. The van der Waals surface area contributed by atoms with Gasteiger partial charge < -0.3 is 0 Å². The summed E-state index contributed by atoms with van der Waals surface area (Å²) < 4.78 is 23.4. The first-order valence-corrected chi connectivity index (χ1v) is 7.42. The maximum Gasteiger partial charge on any atom is 0.153 e. The van der Waals surface area contributed by atoms with Gasteiger partial charge in [-0.25, -0.2) is 8.42 Å². The zero-order chi connectivity index (χ0) is 10.6. The van der Waals surface area contributed by atoms with Crippen LogP contribution in [0.25, 0.3) is 0 Å². The van der Waals surface area contributed by atoms with Crippen molar-refractivity contribution in [2.75, 3.05) is 11.1 Å². The van der Waals surface area contributed by atoms with Crippen molar-refractivity contribution in [3.05, 3.63) is 0 Å². The van der Waals surface area contributed by atoms with Crippen molar-refractivity contribution in [2.24, 2.45) is 11.8 Å². The van der Waals surface area contributed by atoms with Crippen molar-refractivity contribution >= 4 is 25.8 Å². The quantitative estimate of drug-likeness (QED) is 0.720. The first-order chi connectivity index (χ1) is 5.81. The molecule has 0 saturated carbocycles. The molecule has 0 aromatic rings. The predicted molar refractivity (Wildman–Crippen MR) is 61.0 cm³/mol.